The molecule has 2 saturated heterocycles. The first-order chi connectivity index (χ1) is 15.8. The number of benzene rings is 1. The van der Waals surface area contributed by atoms with Crippen molar-refractivity contribution in [3.63, 3.8) is 0 Å². The molecule has 10 heteroatoms. The molecule has 3 heterocycles. The highest BCUT2D eigenvalue weighted by Crippen LogP contribution is 2.37. The summed E-state index contributed by atoms with van der Waals surface area (Å²) >= 11 is 1.34. The lowest BCUT2D eigenvalue weighted by Crippen LogP contribution is -2.60. The van der Waals surface area contributed by atoms with Gasteiger partial charge in [0.25, 0.3) is 11.8 Å². The maximum Gasteiger partial charge on any atom is 0.317 e. The van der Waals surface area contributed by atoms with E-state index in [2.05, 4.69) is 15.5 Å². The van der Waals surface area contributed by atoms with E-state index in [1.165, 1.54) is 11.3 Å². The zero-order valence-corrected chi connectivity index (χ0v) is 19.6. The van der Waals surface area contributed by atoms with E-state index < -0.39 is 11.6 Å². The molecule has 4 rings (SSSR count). The van der Waals surface area contributed by atoms with E-state index >= 15 is 0 Å². The largest absolute Gasteiger partial charge is 0.379 e. The minimum absolute atomic E-state index is 0.118. The number of nitrogens with one attached hydrogen (secondary N) is 2. The van der Waals surface area contributed by atoms with Crippen molar-refractivity contribution >= 4 is 44.3 Å². The summed E-state index contributed by atoms with van der Waals surface area (Å²) in [7, 11) is 0. The molecule has 0 aliphatic carbocycles. The van der Waals surface area contributed by atoms with Crippen LogP contribution in [0.15, 0.2) is 24.3 Å². The quantitative estimate of drug-likeness (QED) is 0.528. The van der Waals surface area contributed by atoms with Gasteiger partial charge >= 0.3 is 6.03 Å². The molecule has 2 aliphatic rings. The van der Waals surface area contributed by atoms with Gasteiger partial charge in [0, 0.05) is 42.3 Å². The first kappa shape index (κ1) is 23.5. The van der Waals surface area contributed by atoms with Crippen molar-refractivity contribution in [3.05, 3.63) is 29.8 Å². The summed E-state index contributed by atoms with van der Waals surface area (Å²) in [5.74, 6) is -0.423. The van der Waals surface area contributed by atoms with Crippen molar-refractivity contribution in [2.24, 2.45) is 5.73 Å². The summed E-state index contributed by atoms with van der Waals surface area (Å²) in [4.78, 5) is 41.3. The normalized spacial score (nSPS) is 22.3. The van der Waals surface area contributed by atoms with E-state index in [9.17, 15) is 19.5 Å². The van der Waals surface area contributed by atoms with Crippen LogP contribution in [-0.2, 0) is 4.79 Å². The number of carbonyl (C=O) groups excluding carboxylic acids is 3. The molecular formula is C23H31N5O4S. The SMILES string of the molecule is CCNC(=O)C1(O)CCCN(C2CCN(C(=O)c3c(NC(N)=O)sc4ccccc34)CC2)C1. The first-order valence-corrected chi connectivity index (χ1v) is 12.3. The van der Waals surface area contributed by atoms with E-state index in [-0.39, 0.29) is 17.9 Å². The monoisotopic (exact) mass is 473 g/mol. The summed E-state index contributed by atoms with van der Waals surface area (Å²) in [5.41, 5.74) is 4.46. The number of hydrogen-bond donors (Lipinski definition) is 4. The van der Waals surface area contributed by atoms with E-state index in [0.29, 0.717) is 43.2 Å². The molecule has 1 aromatic carbocycles. The number of primary amides is 1. The maximum atomic E-state index is 13.5. The molecule has 1 unspecified atom stereocenters. The van der Waals surface area contributed by atoms with Crippen molar-refractivity contribution in [1.29, 1.82) is 0 Å². The first-order valence-electron chi connectivity index (χ1n) is 11.4. The molecule has 1 atom stereocenters. The maximum absolute atomic E-state index is 13.5. The number of anilines is 1. The van der Waals surface area contributed by atoms with Crippen molar-refractivity contribution in [3.8, 4) is 0 Å². The Morgan fingerprint density at radius 1 is 1.21 bits per heavy atom. The Morgan fingerprint density at radius 2 is 1.94 bits per heavy atom. The number of rotatable bonds is 5. The van der Waals surface area contributed by atoms with E-state index in [4.69, 9.17) is 5.73 Å². The Hall–Kier alpha value is -2.69. The fourth-order valence-electron chi connectivity index (χ4n) is 4.94. The van der Waals surface area contributed by atoms with Crippen LogP contribution in [0.4, 0.5) is 9.80 Å². The third-order valence-electron chi connectivity index (χ3n) is 6.57. The Kier molecular flexibility index (Phi) is 6.87. The second-order valence-electron chi connectivity index (χ2n) is 8.78. The summed E-state index contributed by atoms with van der Waals surface area (Å²) in [6.07, 6.45) is 2.75. The van der Waals surface area contributed by atoms with Gasteiger partial charge in [0.05, 0.1) is 5.56 Å². The smallest absolute Gasteiger partial charge is 0.317 e. The van der Waals surface area contributed by atoms with Crippen molar-refractivity contribution in [2.45, 2.75) is 44.2 Å². The third kappa shape index (κ3) is 4.83. The number of likely N-dealkylation sites (N-methyl/N-ethyl adjacent to an activating group) is 1. The molecule has 2 fully saturated rings. The van der Waals surface area contributed by atoms with Gasteiger partial charge in [-0.3, -0.25) is 19.8 Å². The van der Waals surface area contributed by atoms with Crippen LogP contribution < -0.4 is 16.4 Å². The Morgan fingerprint density at radius 3 is 2.64 bits per heavy atom. The molecular weight excluding hydrogens is 442 g/mol. The number of thiophene rings is 1. The van der Waals surface area contributed by atoms with Crippen LogP contribution in [0.2, 0.25) is 0 Å². The summed E-state index contributed by atoms with van der Waals surface area (Å²) in [6, 6.07) is 7.08. The van der Waals surface area contributed by atoms with Gasteiger partial charge in [-0.1, -0.05) is 18.2 Å². The van der Waals surface area contributed by atoms with Crippen LogP contribution >= 0.6 is 11.3 Å². The molecule has 4 amide bonds. The molecule has 0 spiro atoms. The summed E-state index contributed by atoms with van der Waals surface area (Å²) in [6.45, 7) is 4.63. The van der Waals surface area contributed by atoms with E-state index in [1.807, 2.05) is 36.1 Å². The summed E-state index contributed by atoms with van der Waals surface area (Å²) in [5, 5.41) is 17.5. The van der Waals surface area contributed by atoms with Crippen LogP contribution in [0.25, 0.3) is 10.1 Å². The standard InChI is InChI=1S/C23H31N5O4S/c1-2-25-21(30)23(32)10-5-11-28(14-23)15-8-12-27(13-9-15)20(29)18-16-6-3-4-7-17(16)33-19(18)26-22(24)31/h3-4,6-7,15,32H,2,5,8-14H2,1H3,(H,25,30)(H3,24,26,31). The van der Waals surface area contributed by atoms with Gasteiger partial charge in [-0.25, -0.2) is 4.79 Å². The van der Waals surface area contributed by atoms with Gasteiger partial charge in [-0.15, -0.1) is 11.3 Å². The van der Waals surface area contributed by atoms with Crippen LogP contribution in [0.1, 0.15) is 43.0 Å². The number of nitrogens with zero attached hydrogens (tertiary/aromatic N) is 2. The molecule has 0 bridgehead atoms. The number of β-amino-alcohol motifs (C(OH)–C–C–N with tert-alkyl or cyclic N) is 1. The van der Waals surface area contributed by atoms with Crippen molar-refractivity contribution in [2.75, 3.05) is 38.0 Å². The van der Waals surface area contributed by atoms with Crippen LogP contribution in [-0.4, -0.2) is 77.1 Å². The minimum atomic E-state index is -1.36. The van der Waals surface area contributed by atoms with Crippen molar-refractivity contribution in [1.82, 2.24) is 15.1 Å². The van der Waals surface area contributed by atoms with Gasteiger partial charge in [0.2, 0.25) is 0 Å². The van der Waals surface area contributed by atoms with Gasteiger partial charge in [-0.05, 0) is 45.2 Å². The highest BCUT2D eigenvalue weighted by atomic mass is 32.1. The topological polar surface area (TPSA) is 128 Å². The second kappa shape index (κ2) is 9.66. The zero-order chi connectivity index (χ0) is 23.6. The van der Waals surface area contributed by atoms with Crippen LogP contribution in [0, 0.1) is 0 Å². The van der Waals surface area contributed by atoms with Crippen molar-refractivity contribution < 1.29 is 19.5 Å². The number of amides is 4. The number of nitrogens with two attached hydrogens (primary N) is 1. The molecule has 9 nitrogen and oxygen atoms in total. The number of aliphatic hydroxyl groups is 1. The Bertz CT molecular complexity index is 1050. The minimum Gasteiger partial charge on any atom is -0.379 e. The third-order valence-corrected chi connectivity index (χ3v) is 7.66. The zero-order valence-electron chi connectivity index (χ0n) is 18.8. The number of urea groups is 1. The lowest BCUT2D eigenvalue weighted by Gasteiger charge is -2.44. The molecule has 2 aromatic rings. The fraction of sp³-hybridized carbons (Fsp3) is 0.522. The predicted molar refractivity (Wildman–Crippen MR) is 128 cm³/mol. The number of carbonyl (C=O) groups is 3. The molecule has 33 heavy (non-hydrogen) atoms. The number of hydrogen-bond acceptors (Lipinski definition) is 6. The summed E-state index contributed by atoms with van der Waals surface area (Å²) < 4.78 is 0.914. The van der Waals surface area contributed by atoms with Gasteiger partial charge in [0.1, 0.15) is 5.00 Å². The molecule has 2 aliphatic heterocycles. The highest BCUT2D eigenvalue weighted by molar-refractivity contribution is 7.23. The Balaban J connectivity index is 1.45. The molecule has 0 saturated carbocycles. The number of fused-ring (bicyclic) bond motifs is 1. The van der Waals surface area contributed by atoms with Gasteiger partial charge < -0.3 is 21.1 Å². The lowest BCUT2D eigenvalue weighted by atomic mass is 9.89. The van der Waals surface area contributed by atoms with E-state index in [0.717, 1.165) is 35.9 Å². The molecule has 178 valence electrons. The van der Waals surface area contributed by atoms with Gasteiger partial charge in [0.15, 0.2) is 5.60 Å². The molecule has 1 aromatic heterocycles. The number of piperidine rings is 2. The predicted octanol–water partition coefficient (Wildman–Crippen LogP) is 1.96. The van der Waals surface area contributed by atoms with Crippen LogP contribution in [0.5, 0.6) is 0 Å². The molecule has 0 radical (unpaired) electrons. The average molecular weight is 474 g/mol. The second-order valence-corrected chi connectivity index (χ2v) is 9.83. The Labute approximate surface area is 196 Å². The molecule has 5 N–H and O–H groups in total. The van der Waals surface area contributed by atoms with Gasteiger partial charge in [-0.2, -0.15) is 0 Å². The average Bonchev–Trinajstić information content (AvgIpc) is 3.16. The fourth-order valence-corrected chi connectivity index (χ4v) is 6.04. The van der Waals surface area contributed by atoms with E-state index in [1.54, 1.807) is 0 Å². The lowest BCUT2D eigenvalue weighted by molar-refractivity contribution is -0.147. The highest BCUT2D eigenvalue weighted by Gasteiger charge is 2.42. The van der Waals surface area contributed by atoms with Crippen LogP contribution in [0.3, 0.4) is 0 Å². The number of likely N-dealkylation sites (tertiary alicyclic amines) is 2.